The molecule has 0 radical (unpaired) electrons. The van der Waals surface area contributed by atoms with Gasteiger partial charge in [-0.15, -0.1) is 0 Å². The van der Waals surface area contributed by atoms with Crippen molar-refractivity contribution in [2.75, 3.05) is 13.6 Å². The lowest BCUT2D eigenvalue weighted by Gasteiger charge is -2.42. The minimum Gasteiger partial charge on any atom is -0.487 e. The number of ether oxygens (including phenoxy) is 1. The largest absolute Gasteiger partial charge is 0.487 e. The van der Waals surface area contributed by atoms with E-state index in [9.17, 15) is 9.59 Å². The van der Waals surface area contributed by atoms with Crippen molar-refractivity contribution in [3.05, 3.63) is 48.5 Å². The summed E-state index contributed by atoms with van der Waals surface area (Å²) in [4.78, 5) is 30.8. The van der Waals surface area contributed by atoms with Crippen LogP contribution in [0.25, 0.3) is 0 Å². The molecule has 3 atom stereocenters. The Morgan fingerprint density at radius 2 is 2.21 bits per heavy atom. The molecule has 1 aromatic carbocycles. The van der Waals surface area contributed by atoms with Crippen LogP contribution in [0, 0.1) is 0 Å². The first kappa shape index (κ1) is 19.5. The van der Waals surface area contributed by atoms with E-state index in [0.717, 1.165) is 17.7 Å². The van der Waals surface area contributed by atoms with Crippen LogP contribution >= 0.6 is 0 Å². The average molecular weight is 396 g/mol. The maximum Gasteiger partial charge on any atom is 0.222 e. The van der Waals surface area contributed by atoms with Crippen LogP contribution in [0.2, 0.25) is 0 Å². The van der Waals surface area contributed by atoms with Crippen LogP contribution < -0.4 is 10.1 Å². The van der Waals surface area contributed by atoms with Crippen LogP contribution in [0.5, 0.6) is 5.75 Å². The van der Waals surface area contributed by atoms with Gasteiger partial charge in [0.25, 0.3) is 0 Å². The SMILES string of the molecule is C[C@@H](CC(=O)N[C@H]1C[C@@]2(CCC(=O)N(C)CC2)Oc2ccccc21)n1ccnc1. The average Bonchev–Trinajstić information content (AvgIpc) is 3.21. The van der Waals surface area contributed by atoms with Crippen molar-refractivity contribution < 1.29 is 14.3 Å². The summed E-state index contributed by atoms with van der Waals surface area (Å²) in [5, 5.41) is 3.23. The van der Waals surface area contributed by atoms with Crippen LogP contribution in [-0.4, -0.2) is 45.5 Å². The fraction of sp³-hybridized carbons (Fsp3) is 0.500. The number of rotatable bonds is 4. The lowest BCUT2D eigenvalue weighted by Crippen LogP contribution is -2.46. The van der Waals surface area contributed by atoms with Gasteiger partial charge in [0.05, 0.1) is 12.4 Å². The van der Waals surface area contributed by atoms with Crippen LogP contribution in [-0.2, 0) is 9.59 Å². The van der Waals surface area contributed by atoms with Gasteiger partial charge in [-0.3, -0.25) is 9.59 Å². The number of para-hydroxylation sites is 1. The van der Waals surface area contributed by atoms with Crippen molar-refractivity contribution in [1.29, 1.82) is 0 Å². The van der Waals surface area contributed by atoms with Gasteiger partial charge in [-0.25, -0.2) is 4.98 Å². The van der Waals surface area contributed by atoms with Gasteiger partial charge >= 0.3 is 0 Å². The summed E-state index contributed by atoms with van der Waals surface area (Å²) in [5.74, 6) is 0.965. The summed E-state index contributed by atoms with van der Waals surface area (Å²) in [6, 6.07) is 7.80. The molecule has 2 aliphatic heterocycles. The van der Waals surface area contributed by atoms with Crippen LogP contribution in [0.15, 0.2) is 43.0 Å². The number of carbonyl (C=O) groups is 2. The highest BCUT2D eigenvalue weighted by Gasteiger charge is 2.43. The molecule has 2 amide bonds. The van der Waals surface area contributed by atoms with E-state index in [4.69, 9.17) is 4.74 Å². The number of likely N-dealkylation sites (tertiary alicyclic amines) is 1. The lowest BCUT2D eigenvalue weighted by atomic mass is 9.82. The van der Waals surface area contributed by atoms with Crippen LogP contribution in [0.3, 0.4) is 0 Å². The van der Waals surface area contributed by atoms with Gasteiger partial charge in [0.1, 0.15) is 11.4 Å². The third kappa shape index (κ3) is 4.13. The molecule has 4 rings (SSSR count). The molecule has 2 aromatic rings. The van der Waals surface area contributed by atoms with E-state index in [0.29, 0.717) is 32.2 Å². The topological polar surface area (TPSA) is 76.5 Å². The molecular formula is C22H28N4O3. The van der Waals surface area contributed by atoms with E-state index in [2.05, 4.69) is 10.3 Å². The maximum atomic E-state index is 12.8. The third-order valence-corrected chi connectivity index (χ3v) is 6.17. The number of carbonyl (C=O) groups excluding carboxylic acids is 2. The van der Waals surface area contributed by atoms with Crippen molar-refractivity contribution in [1.82, 2.24) is 19.8 Å². The Bertz CT molecular complexity index is 882. The second-order valence-electron chi connectivity index (χ2n) is 8.28. The number of fused-ring (bicyclic) bond motifs is 1. The van der Waals surface area contributed by atoms with Gasteiger partial charge in [-0.05, 0) is 19.4 Å². The van der Waals surface area contributed by atoms with Gasteiger partial charge in [-0.1, -0.05) is 18.2 Å². The fourth-order valence-corrected chi connectivity index (χ4v) is 4.36. The summed E-state index contributed by atoms with van der Waals surface area (Å²) < 4.78 is 8.38. The monoisotopic (exact) mass is 396 g/mol. The molecular weight excluding hydrogens is 368 g/mol. The standard InChI is InChI=1S/C22H28N4O3/c1-16(26-12-10-23-15-26)13-20(27)24-18-14-22(8-7-21(28)25(2)11-9-22)29-19-6-4-3-5-17(18)19/h3-6,10,12,15-16,18H,7-9,11,13-14H2,1-2H3,(H,24,27)/t16-,18-,22-/m0/s1. The molecule has 1 spiro atoms. The zero-order valence-corrected chi connectivity index (χ0v) is 17.0. The summed E-state index contributed by atoms with van der Waals surface area (Å²) >= 11 is 0. The Hall–Kier alpha value is -2.83. The third-order valence-electron chi connectivity index (χ3n) is 6.17. The summed E-state index contributed by atoms with van der Waals surface area (Å²) in [7, 11) is 1.84. The molecule has 0 unspecified atom stereocenters. The highest BCUT2D eigenvalue weighted by molar-refractivity contribution is 5.77. The van der Waals surface area contributed by atoms with E-state index >= 15 is 0 Å². The Morgan fingerprint density at radius 3 is 3.00 bits per heavy atom. The summed E-state index contributed by atoms with van der Waals surface area (Å²) in [6.07, 6.45) is 8.28. The van der Waals surface area contributed by atoms with Crippen LogP contribution in [0.4, 0.5) is 0 Å². The highest BCUT2D eigenvalue weighted by atomic mass is 16.5. The van der Waals surface area contributed by atoms with Gasteiger partial charge < -0.3 is 19.5 Å². The molecule has 154 valence electrons. The molecule has 1 aromatic heterocycles. The number of hydrogen-bond acceptors (Lipinski definition) is 4. The Kier molecular flexibility index (Phi) is 5.30. The first-order chi connectivity index (χ1) is 14.0. The lowest BCUT2D eigenvalue weighted by molar-refractivity contribution is -0.129. The van der Waals surface area contributed by atoms with E-state index < -0.39 is 5.60 Å². The van der Waals surface area contributed by atoms with Crippen molar-refractivity contribution in [2.45, 2.75) is 56.7 Å². The molecule has 1 N–H and O–H groups in total. The van der Waals surface area contributed by atoms with Crippen LogP contribution in [0.1, 0.15) is 56.7 Å². The maximum absolute atomic E-state index is 12.8. The first-order valence-electron chi connectivity index (χ1n) is 10.2. The van der Waals surface area contributed by atoms with Gasteiger partial charge in [0.15, 0.2) is 0 Å². The number of aromatic nitrogens is 2. The molecule has 0 bridgehead atoms. The molecule has 0 aliphatic carbocycles. The second-order valence-corrected chi connectivity index (χ2v) is 8.28. The molecule has 1 saturated heterocycles. The minimum absolute atomic E-state index is 0.00451. The summed E-state index contributed by atoms with van der Waals surface area (Å²) in [5.41, 5.74) is 0.577. The fourth-order valence-electron chi connectivity index (χ4n) is 4.36. The zero-order chi connectivity index (χ0) is 20.4. The predicted molar refractivity (Wildman–Crippen MR) is 108 cm³/mol. The van der Waals surface area contributed by atoms with Crippen molar-refractivity contribution in [3.8, 4) is 5.75 Å². The first-order valence-corrected chi connectivity index (χ1v) is 10.2. The van der Waals surface area contributed by atoms with E-state index in [1.165, 1.54) is 0 Å². The summed E-state index contributed by atoms with van der Waals surface area (Å²) in [6.45, 7) is 2.67. The second kappa shape index (κ2) is 7.89. The van der Waals surface area contributed by atoms with Crippen molar-refractivity contribution >= 4 is 11.8 Å². The van der Waals surface area contributed by atoms with Crippen molar-refractivity contribution in [3.63, 3.8) is 0 Å². The molecule has 3 heterocycles. The molecule has 7 nitrogen and oxygen atoms in total. The van der Waals surface area contributed by atoms with Gasteiger partial charge in [0, 0.05) is 63.3 Å². The predicted octanol–water partition coefficient (Wildman–Crippen LogP) is 2.86. The van der Waals surface area contributed by atoms with E-state index in [1.807, 2.05) is 49.0 Å². The Labute approximate surface area is 171 Å². The van der Waals surface area contributed by atoms with Crippen molar-refractivity contribution in [2.24, 2.45) is 0 Å². The number of imidazole rings is 1. The molecule has 7 heteroatoms. The molecule has 0 saturated carbocycles. The smallest absolute Gasteiger partial charge is 0.222 e. The van der Waals surface area contributed by atoms with E-state index in [1.54, 1.807) is 17.4 Å². The minimum atomic E-state index is -0.428. The number of benzene rings is 1. The quantitative estimate of drug-likeness (QED) is 0.862. The van der Waals surface area contributed by atoms with Gasteiger partial charge in [-0.2, -0.15) is 0 Å². The normalized spacial score (nSPS) is 25.1. The Balaban J connectivity index is 1.52. The number of hydrogen-bond donors (Lipinski definition) is 1. The van der Waals surface area contributed by atoms with E-state index in [-0.39, 0.29) is 23.9 Å². The molecule has 1 fully saturated rings. The Morgan fingerprint density at radius 1 is 1.38 bits per heavy atom. The molecule has 29 heavy (non-hydrogen) atoms. The van der Waals surface area contributed by atoms with Gasteiger partial charge in [0.2, 0.25) is 11.8 Å². The highest BCUT2D eigenvalue weighted by Crippen LogP contribution is 2.44. The zero-order valence-electron chi connectivity index (χ0n) is 17.0. The molecule has 2 aliphatic rings. The number of nitrogens with zero attached hydrogens (tertiary/aromatic N) is 3. The number of nitrogens with one attached hydrogen (secondary N) is 1. The number of amides is 2.